The summed E-state index contributed by atoms with van der Waals surface area (Å²) in [7, 11) is 2.20. The standard InChI is InChI=1S/C11H25N3S/c1-3-11(12)10-15-9-8-14-6-4-13(2)5-7-14/h11H,3-10,12H2,1-2H3. The minimum absolute atomic E-state index is 0.391. The summed E-state index contributed by atoms with van der Waals surface area (Å²) in [6, 6.07) is 0.391. The third-order valence-electron chi connectivity index (χ3n) is 3.00. The van der Waals surface area contributed by atoms with E-state index < -0.39 is 0 Å². The van der Waals surface area contributed by atoms with Crippen molar-refractivity contribution in [3.05, 3.63) is 0 Å². The van der Waals surface area contributed by atoms with Gasteiger partial charge in [0.2, 0.25) is 0 Å². The normalized spacial score (nSPS) is 21.8. The Morgan fingerprint density at radius 2 is 1.93 bits per heavy atom. The fourth-order valence-electron chi connectivity index (χ4n) is 1.62. The van der Waals surface area contributed by atoms with Crippen LogP contribution in [0.3, 0.4) is 0 Å². The highest BCUT2D eigenvalue weighted by atomic mass is 32.2. The van der Waals surface area contributed by atoms with Crippen molar-refractivity contribution in [2.24, 2.45) is 5.73 Å². The Hall–Kier alpha value is 0.230. The summed E-state index contributed by atoms with van der Waals surface area (Å²) < 4.78 is 0. The van der Waals surface area contributed by atoms with Crippen LogP contribution in [0.25, 0.3) is 0 Å². The SMILES string of the molecule is CCC(N)CSCCN1CCN(C)CC1. The number of likely N-dealkylation sites (N-methyl/N-ethyl adjacent to an activating group) is 1. The summed E-state index contributed by atoms with van der Waals surface area (Å²) in [6.45, 7) is 8.30. The average molecular weight is 231 g/mol. The summed E-state index contributed by atoms with van der Waals surface area (Å²) >= 11 is 2.00. The Balaban J connectivity index is 1.96. The molecule has 0 radical (unpaired) electrons. The van der Waals surface area contributed by atoms with E-state index in [0.717, 1.165) is 12.2 Å². The van der Waals surface area contributed by atoms with E-state index in [9.17, 15) is 0 Å². The van der Waals surface area contributed by atoms with Gasteiger partial charge in [0.15, 0.2) is 0 Å². The van der Waals surface area contributed by atoms with E-state index in [1.807, 2.05) is 11.8 Å². The van der Waals surface area contributed by atoms with Crippen molar-refractivity contribution in [1.29, 1.82) is 0 Å². The van der Waals surface area contributed by atoms with Crippen LogP contribution in [0.15, 0.2) is 0 Å². The smallest absolute Gasteiger partial charge is 0.0127 e. The van der Waals surface area contributed by atoms with Crippen molar-refractivity contribution in [2.45, 2.75) is 19.4 Å². The first kappa shape index (κ1) is 13.3. The molecule has 1 aliphatic rings. The molecule has 0 spiro atoms. The van der Waals surface area contributed by atoms with Gasteiger partial charge in [0.05, 0.1) is 0 Å². The van der Waals surface area contributed by atoms with Crippen LogP contribution in [-0.4, -0.2) is 67.1 Å². The molecule has 2 N–H and O–H groups in total. The zero-order valence-corrected chi connectivity index (χ0v) is 10.9. The second kappa shape index (κ2) is 7.49. The molecule has 0 aromatic rings. The van der Waals surface area contributed by atoms with Gasteiger partial charge in [-0.2, -0.15) is 11.8 Å². The van der Waals surface area contributed by atoms with Gasteiger partial charge in [0.1, 0.15) is 0 Å². The van der Waals surface area contributed by atoms with Gasteiger partial charge in [-0.3, -0.25) is 4.90 Å². The molecule has 1 fully saturated rings. The van der Waals surface area contributed by atoms with Crippen LogP contribution in [-0.2, 0) is 0 Å². The Kier molecular flexibility index (Phi) is 6.64. The summed E-state index contributed by atoms with van der Waals surface area (Å²) in [6.07, 6.45) is 1.10. The zero-order valence-electron chi connectivity index (χ0n) is 10.1. The van der Waals surface area contributed by atoms with Crippen LogP contribution in [0.1, 0.15) is 13.3 Å². The molecule has 0 aromatic heterocycles. The molecule has 15 heavy (non-hydrogen) atoms. The molecule has 1 heterocycles. The van der Waals surface area contributed by atoms with E-state index in [1.165, 1.54) is 38.5 Å². The lowest BCUT2D eigenvalue weighted by atomic mass is 10.3. The van der Waals surface area contributed by atoms with Crippen LogP contribution < -0.4 is 5.73 Å². The molecule has 1 saturated heterocycles. The number of thioether (sulfide) groups is 1. The lowest BCUT2D eigenvalue weighted by Gasteiger charge is -2.32. The largest absolute Gasteiger partial charge is 0.327 e. The molecule has 1 atom stereocenters. The molecule has 90 valence electrons. The Morgan fingerprint density at radius 3 is 2.53 bits per heavy atom. The van der Waals surface area contributed by atoms with Crippen molar-refractivity contribution < 1.29 is 0 Å². The van der Waals surface area contributed by atoms with E-state index in [4.69, 9.17) is 5.73 Å². The van der Waals surface area contributed by atoms with E-state index in [0.29, 0.717) is 6.04 Å². The Morgan fingerprint density at radius 1 is 1.27 bits per heavy atom. The van der Waals surface area contributed by atoms with Gasteiger partial charge in [0.25, 0.3) is 0 Å². The van der Waals surface area contributed by atoms with Crippen molar-refractivity contribution >= 4 is 11.8 Å². The van der Waals surface area contributed by atoms with Crippen molar-refractivity contribution in [1.82, 2.24) is 9.80 Å². The van der Waals surface area contributed by atoms with Gasteiger partial charge < -0.3 is 10.6 Å². The minimum Gasteiger partial charge on any atom is -0.327 e. The predicted octanol–water partition coefficient (Wildman–Crippen LogP) is 0.704. The minimum atomic E-state index is 0.391. The first-order valence-electron chi connectivity index (χ1n) is 5.96. The topological polar surface area (TPSA) is 32.5 Å². The molecule has 0 amide bonds. The number of nitrogens with zero attached hydrogens (tertiary/aromatic N) is 2. The van der Waals surface area contributed by atoms with E-state index in [2.05, 4.69) is 23.8 Å². The van der Waals surface area contributed by atoms with Gasteiger partial charge in [0, 0.05) is 50.3 Å². The number of piperazine rings is 1. The van der Waals surface area contributed by atoms with E-state index >= 15 is 0 Å². The van der Waals surface area contributed by atoms with Gasteiger partial charge in [-0.15, -0.1) is 0 Å². The maximum absolute atomic E-state index is 5.87. The fraction of sp³-hybridized carbons (Fsp3) is 1.00. The molecule has 1 rings (SSSR count). The second-order valence-corrected chi connectivity index (χ2v) is 5.54. The highest BCUT2D eigenvalue weighted by molar-refractivity contribution is 7.99. The maximum Gasteiger partial charge on any atom is 0.0127 e. The van der Waals surface area contributed by atoms with E-state index in [-0.39, 0.29) is 0 Å². The highest BCUT2D eigenvalue weighted by Crippen LogP contribution is 2.06. The quantitative estimate of drug-likeness (QED) is 0.682. The summed E-state index contributed by atoms with van der Waals surface area (Å²) in [4.78, 5) is 4.96. The predicted molar refractivity (Wildman–Crippen MR) is 69.5 cm³/mol. The van der Waals surface area contributed by atoms with Crippen molar-refractivity contribution in [3.8, 4) is 0 Å². The fourth-order valence-corrected chi connectivity index (χ4v) is 2.71. The highest BCUT2D eigenvalue weighted by Gasteiger charge is 2.12. The molecule has 1 aliphatic heterocycles. The summed E-state index contributed by atoms with van der Waals surface area (Å²) in [5.41, 5.74) is 5.87. The van der Waals surface area contributed by atoms with Gasteiger partial charge in [-0.25, -0.2) is 0 Å². The van der Waals surface area contributed by atoms with E-state index in [1.54, 1.807) is 0 Å². The third kappa shape index (κ3) is 5.76. The van der Waals surface area contributed by atoms with Crippen LogP contribution in [0.5, 0.6) is 0 Å². The van der Waals surface area contributed by atoms with Gasteiger partial charge in [-0.1, -0.05) is 6.92 Å². The van der Waals surface area contributed by atoms with Crippen LogP contribution in [0.2, 0.25) is 0 Å². The maximum atomic E-state index is 5.87. The average Bonchev–Trinajstić information content (AvgIpc) is 2.26. The first-order chi connectivity index (χ1) is 7.22. The molecule has 0 aromatic carbocycles. The lowest BCUT2D eigenvalue weighted by molar-refractivity contribution is 0.161. The number of nitrogens with two attached hydrogens (primary N) is 1. The molecule has 1 unspecified atom stereocenters. The Labute approximate surface area is 98.4 Å². The van der Waals surface area contributed by atoms with Crippen molar-refractivity contribution in [3.63, 3.8) is 0 Å². The van der Waals surface area contributed by atoms with Gasteiger partial charge >= 0.3 is 0 Å². The number of hydrogen-bond acceptors (Lipinski definition) is 4. The first-order valence-corrected chi connectivity index (χ1v) is 7.12. The second-order valence-electron chi connectivity index (χ2n) is 4.39. The number of rotatable bonds is 6. The third-order valence-corrected chi connectivity index (χ3v) is 4.14. The van der Waals surface area contributed by atoms with Crippen molar-refractivity contribution in [2.75, 3.05) is 51.3 Å². The molecule has 0 bridgehead atoms. The van der Waals surface area contributed by atoms with Crippen LogP contribution >= 0.6 is 11.8 Å². The molecule has 0 saturated carbocycles. The lowest BCUT2D eigenvalue weighted by Crippen LogP contribution is -2.45. The Bertz CT molecular complexity index is 158. The van der Waals surface area contributed by atoms with Crippen LogP contribution in [0, 0.1) is 0 Å². The zero-order chi connectivity index (χ0) is 11.1. The molecule has 0 aliphatic carbocycles. The number of hydrogen-bond donors (Lipinski definition) is 1. The molecular weight excluding hydrogens is 206 g/mol. The monoisotopic (exact) mass is 231 g/mol. The summed E-state index contributed by atoms with van der Waals surface area (Å²) in [5.74, 6) is 2.35. The molecule has 3 nitrogen and oxygen atoms in total. The van der Waals surface area contributed by atoms with Gasteiger partial charge in [-0.05, 0) is 13.5 Å². The molecular formula is C11H25N3S. The molecule has 4 heteroatoms. The van der Waals surface area contributed by atoms with Crippen LogP contribution in [0.4, 0.5) is 0 Å². The summed E-state index contributed by atoms with van der Waals surface area (Å²) in [5, 5.41) is 0.